The molecule has 4 nitrogen and oxygen atoms in total. The first-order valence-electron chi connectivity index (χ1n) is 5.86. The van der Waals surface area contributed by atoms with Crippen LogP contribution < -0.4 is 0 Å². The van der Waals surface area contributed by atoms with Crippen LogP contribution in [-0.4, -0.2) is 21.0 Å². The van der Waals surface area contributed by atoms with Crippen LogP contribution in [0.2, 0.25) is 0 Å². The molecular formula is C14H16N2O2. The van der Waals surface area contributed by atoms with Gasteiger partial charge in [-0.05, 0) is 19.4 Å². The Morgan fingerprint density at radius 1 is 1.28 bits per heavy atom. The van der Waals surface area contributed by atoms with Crippen LogP contribution in [0.15, 0.2) is 24.3 Å². The van der Waals surface area contributed by atoms with Gasteiger partial charge in [-0.15, -0.1) is 0 Å². The highest BCUT2D eigenvalue weighted by atomic mass is 16.4. The maximum atomic E-state index is 10.7. The topological polar surface area (TPSA) is 66.0 Å². The number of carboxylic acids is 1. The van der Waals surface area contributed by atoms with E-state index < -0.39 is 5.97 Å². The Kier molecular flexibility index (Phi) is 3.46. The molecule has 0 saturated heterocycles. The second-order valence-electron chi connectivity index (χ2n) is 4.49. The number of rotatable bonds is 4. The van der Waals surface area contributed by atoms with Gasteiger partial charge in [0, 0.05) is 12.1 Å². The molecule has 0 aliphatic carbocycles. The monoisotopic (exact) mass is 244 g/mol. The molecule has 0 fully saturated rings. The first kappa shape index (κ1) is 12.4. The van der Waals surface area contributed by atoms with Crippen LogP contribution in [0.4, 0.5) is 0 Å². The molecule has 0 aliphatic rings. The molecule has 94 valence electrons. The van der Waals surface area contributed by atoms with Crippen molar-refractivity contribution in [1.29, 1.82) is 0 Å². The summed E-state index contributed by atoms with van der Waals surface area (Å²) in [5, 5.41) is 8.77. The number of nitrogens with zero attached hydrogens (tertiary/aromatic N) is 1. The fourth-order valence-corrected chi connectivity index (χ4v) is 1.86. The Bertz CT molecular complexity index is 556. The fraction of sp³-hybridized carbons (Fsp3) is 0.286. The molecular weight excluding hydrogens is 228 g/mol. The van der Waals surface area contributed by atoms with E-state index >= 15 is 0 Å². The Morgan fingerprint density at radius 3 is 2.56 bits per heavy atom. The molecule has 0 radical (unpaired) electrons. The highest BCUT2D eigenvalue weighted by Crippen LogP contribution is 2.11. The summed E-state index contributed by atoms with van der Waals surface area (Å²) in [7, 11) is 0. The maximum Gasteiger partial charge on any atom is 0.309 e. The van der Waals surface area contributed by atoms with E-state index in [4.69, 9.17) is 5.11 Å². The summed E-state index contributed by atoms with van der Waals surface area (Å²) in [6.07, 6.45) is 0.664. The number of aryl methyl sites for hydroxylation is 2. The Hall–Kier alpha value is -2.10. The molecule has 0 atom stereocenters. The van der Waals surface area contributed by atoms with Crippen molar-refractivity contribution in [3.05, 3.63) is 52.6 Å². The van der Waals surface area contributed by atoms with Crippen LogP contribution in [0.25, 0.3) is 0 Å². The molecule has 0 amide bonds. The Labute approximate surface area is 106 Å². The Morgan fingerprint density at radius 2 is 1.94 bits per heavy atom. The van der Waals surface area contributed by atoms with Crippen molar-refractivity contribution in [1.82, 2.24) is 9.97 Å². The van der Waals surface area contributed by atoms with E-state index in [0.717, 1.165) is 17.1 Å². The van der Waals surface area contributed by atoms with Crippen LogP contribution in [0.5, 0.6) is 0 Å². The van der Waals surface area contributed by atoms with Gasteiger partial charge in [0.2, 0.25) is 0 Å². The van der Waals surface area contributed by atoms with E-state index in [9.17, 15) is 4.79 Å². The van der Waals surface area contributed by atoms with E-state index in [1.807, 2.05) is 13.8 Å². The number of aliphatic carboxylic acids is 1. The fourth-order valence-electron chi connectivity index (χ4n) is 1.86. The first-order valence-corrected chi connectivity index (χ1v) is 5.86. The van der Waals surface area contributed by atoms with E-state index in [2.05, 4.69) is 34.2 Å². The van der Waals surface area contributed by atoms with Gasteiger partial charge < -0.3 is 10.1 Å². The van der Waals surface area contributed by atoms with Gasteiger partial charge in [-0.1, -0.05) is 29.8 Å². The van der Waals surface area contributed by atoms with Gasteiger partial charge in [0.1, 0.15) is 5.82 Å². The van der Waals surface area contributed by atoms with Crippen molar-refractivity contribution < 1.29 is 9.90 Å². The third kappa shape index (κ3) is 2.97. The van der Waals surface area contributed by atoms with Crippen LogP contribution in [-0.2, 0) is 17.6 Å². The van der Waals surface area contributed by atoms with Gasteiger partial charge >= 0.3 is 5.97 Å². The van der Waals surface area contributed by atoms with Crippen molar-refractivity contribution in [2.45, 2.75) is 26.7 Å². The van der Waals surface area contributed by atoms with Gasteiger partial charge in [0.15, 0.2) is 0 Å². The molecule has 0 bridgehead atoms. The number of aromatic nitrogens is 2. The van der Waals surface area contributed by atoms with Crippen molar-refractivity contribution in [3.63, 3.8) is 0 Å². The molecule has 0 saturated carbocycles. The Balaban J connectivity index is 2.14. The quantitative estimate of drug-likeness (QED) is 0.866. The molecule has 4 heteroatoms. The van der Waals surface area contributed by atoms with Crippen LogP contribution in [0, 0.1) is 13.8 Å². The summed E-state index contributed by atoms with van der Waals surface area (Å²) in [4.78, 5) is 18.1. The minimum Gasteiger partial charge on any atom is -0.481 e. The van der Waals surface area contributed by atoms with Crippen molar-refractivity contribution in [2.75, 3.05) is 0 Å². The molecule has 2 aromatic rings. The second kappa shape index (κ2) is 5.04. The van der Waals surface area contributed by atoms with Crippen LogP contribution in [0.1, 0.15) is 28.3 Å². The van der Waals surface area contributed by atoms with Gasteiger partial charge in [-0.3, -0.25) is 4.79 Å². The molecule has 1 aromatic carbocycles. The molecule has 1 aromatic heterocycles. The zero-order chi connectivity index (χ0) is 13.1. The number of imidazole rings is 1. The highest BCUT2D eigenvalue weighted by Gasteiger charge is 2.10. The summed E-state index contributed by atoms with van der Waals surface area (Å²) in [5.74, 6) is -0.0425. The van der Waals surface area contributed by atoms with Crippen molar-refractivity contribution in [3.8, 4) is 0 Å². The van der Waals surface area contributed by atoms with E-state index in [1.165, 1.54) is 5.56 Å². The minimum atomic E-state index is -0.855. The third-order valence-corrected chi connectivity index (χ3v) is 2.85. The maximum absolute atomic E-state index is 10.7. The average molecular weight is 244 g/mol. The summed E-state index contributed by atoms with van der Waals surface area (Å²) in [5.41, 5.74) is 3.83. The number of hydrogen-bond donors (Lipinski definition) is 2. The van der Waals surface area contributed by atoms with Crippen molar-refractivity contribution >= 4 is 5.97 Å². The van der Waals surface area contributed by atoms with Crippen molar-refractivity contribution in [2.24, 2.45) is 0 Å². The lowest BCUT2D eigenvalue weighted by molar-refractivity contribution is -0.136. The molecule has 2 rings (SSSR count). The smallest absolute Gasteiger partial charge is 0.309 e. The molecule has 0 unspecified atom stereocenters. The zero-order valence-electron chi connectivity index (χ0n) is 10.5. The molecule has 2 N–H and O–H groups in total. The number of nitrogens with one attached hydrogen (secondary N) is 1. The molecule has 18 heavy (non-hydrogen) atoms. The average Bonchev–Trinajstić information content (AvgIpc) is 2.62. The number of H-pyrrole nitrogens is 1. The van der Waals surface area contributed by atoms with Gasteiger partial charge in [0.05, 0.1) is 12.1 Å². The number of benzene rings is 1. The first-order chi connectivity index (χ1) is 8.54. The minimum absolute atomic E-state index is 0.0315. The standard InChI is InChI=1S/C14H16N2O2/c1-9-3-5-11(6-4-9)7-13-15-10(2)12(16-13)8-14(17)18/h3-6H,7-8H2,1-2H3,(H,15,16)(H,17,18). The predicted octanol–water partition coefficient (Wildman–Crippen LogP) is 2.24. The number of carbonyl (C=O) groups is 1. The number of hydrogen-bond acceptors (Lipinski definition) is 2. The van der Waals surface area contributed by atoms with Gasteiger partial charge in [-0.2, -0.15) is 0 Å². The van der Waals surface area contributed by atoms with Gasteiger partial charge in [0.25, 0.3) is 0 Å². The van der Waals surface area contributed by atoms with E-state index in [1.54, 1.807) is 0 Å². The lowest BCUT2D eigenvalue weighted by atomic mass is 10.1. The summed E-state index contributed by atoms with van der Waals surface area (Å²) >= 11 is 0. The van der Waals surface area contributed by atoms with Gasteiger partial charge in [-0.25, -0.2) is 4.98 Å². The highest BCUT2D eigenvalue weighted by molar-refractivity contribution is 5.69. The molecule has 0 aliphatic heterocycles. The van der Waals surface area contributed by atoms with E-state index in [-0.39, 0.29) is 6.42 Å². The predicted molar refractivity (Wildman–Crippen MR) is 68.6 cm³/mol. The normalized spacial score (nSPS) is 10.6. The van der Waals surface area contributed by atoms with Crippen LogP contribution >= 0.6 is 0 Å². The summed E-state index contributed by atoms with van der Waals surface area (Å²) in [6, 6.07) is 8.24. The lowest BCUT2D eigenvalue weighted by Crippen LogP contribution is -2.01. The molecule has 0 spiro atoms. The lowest BCUT2D eigenvalue weighted by Gasteiger charge is -1.98. The van der Waals surface area contributed by atoms with Crippen LogP contribution in [0.3, 0.4) is 0 Å². The number of carboxylic acid groups (broad SMARTS) is 1. The number of aromatic amines is 1. The van der Waals surface area contributed by atoms with E-state index in [0.29, 0.717) is 12.1 Å². The SMILES string of the molecule is Cc1ccc(Cc2nc(CC(=O)O)c(C)[nH]2)cc1. The largest absolute Gasteiger partial charge is 0.481 e. The summed E-state index contributed by atoms with van der Waals surface area (Å²) < 4.78 is 0. The summed E-state index contributed by atoms with van der Waals surface area (Å²) in [6.45, 7) is 3.90. The zero-order valence-corrected chi connectivity index (χ0v) is 10.5. The second-order valence-corrected chi connectivity index (χ2v) is 4.49. The third-order valence-electron chi connectivity index (χ3n) is 2.85. The molecule has 1 heterocycles.